The van der Waals surface area contributed by atoms with Crippen molar-refractivity contribution in [2.24, 2.45) is 0 Å². The van der Waals surface area contributed by atoms with Gasteiger partial charge in [0.05, 0.1) is 25.4 Å². The second-order valence-corrected chi connectivity index (χ2v) is 3.34. The topological polar surface area (TPSA) is 71.5 Å². The standard InChI is InChI=1S/C11H16N2O3/c1-9-6-10(8-12-7-9)11(15)13-2-4-16-5-3-14/h6-8,14H,2-5H2,1H3,(H,13,15). The first kappa shape index (κ1) is 12.6. The van der Waals surface area contributed by atoms with Crippen molar-refractivity contribution in [3.63, 3.8) is 0 Å². The van der Waals surface area contributed by atoms with Crippen LogP contribution in [0.5, 0.6) is 0 Å². The summed E-state index contributed by atoms with van der Waals surface area (Å²) in [5, 5.41) is 11.2. The van der Waals surface area contributed by atoms with E-state index in [1.54, 1.807) is 12.3 Å². The van der Waals surface area contributed by atoms with Crippen molar-refractivity contribution in [2.45, 2.75) is 6.92 Å². The Hall–Kier alpha value is -1.46. The van der Waals surface area contributed by atoms with Crippen LogP contribution in [-0.4, -0.2) is 42.4 Å². The Balaban J connectivity index is 2.30. The fraction of sp³-hybridized carbons (Fsp3) is 0.455. The molecule has 0 fully saturated rings. The summed E-state index contributed by atoms with van der Waals surface area (Å²) in [6, 6.07) is 1.77. The van der Waals surface area contributed by atoms with Crippen LogP contribution in [0.3, 0.4) is 0 Å². The monoisotopic (exact) mass is 224 g/mol. The Bertz CT molecular complexity index is 342. The highest BCUT2D eigenvalue weighted by atomic mass is 16.5. The van der Waals surface area contributed by atoms with Gasteiger partial charge in [-0.15, -0.1) is 0 Å². The number of pyridine rings is 1. The molecule has 0 radical (unpaired) electrons. The molecule has 0 aliphatic rings. The summed E-state index contributed by atoms with van der Waals surface area (Å²) in [4.78, 5) is 15.5. The Kier molecular flexibility index (Phi) is 5.45. The highest BCUT2D eigenvalue weighted by Gasteiger charge is 2.04. The molecule has 0 atom stereocenters. The third-order valence-corrected chi connectivity index (χ3v) is 1.90. The third-order valence-electron chi connectivity index (χ3n) is 1.90. The number of carbonyl (C=O) groups is 1. The van der Waals surface area contributed by atoms with E-state index < -0.39 is 0 Å². The molecule has 2 N–H and O–H groups in total. The molecule has 88 valence electrons. The number of aliphatic hydroxyl groups excluding tert-OH is 1. The van der Waals surface area contributed by atoms with Crippen LogP contribution in [0, 0.1) is 6.92 Å². The summed E-state index contributed by atoms with van der Waals surface area (Å²) in [5.41, 5.74) is 1.49. The third kappa shape index (κ3) is 4.37. The first-order valence-corrected chi connectivity index (χ1v) is 5.12. The van der Waals surface area contributed by atoms with Crippen molar-refractivity contribution < 1.29 is 14.6 Å². The fourth-order valence-corrected chi connectivity index (χ4v) is 1.18. The van der Waals surface area contributed by atoms with Crippen LogP contribution in [-0.2, 0) is 4.74 Å². The lowest BCUT2D eigenvalue weighted by Crippen LogP contribution is -2.27. The average molecular weight is 224 g/mol. The number of nitrogens with one attached hydrogen (secondary N) is 1. The molecule has 0 spiro atoms. The zero-order valence-corrected chi connectivity index (χ0v) is 9.27. The number of nitrogens with zero attached hydrogens (tertiary/aromatic N) is 1. The van der Waals surface area contributed by atoms with Crippen molar-refractivity contribution >= 4 is 5.91 Å². The lowest BCUT2D eigenvalue weighted by molar-refractivity contribution is 0.0838. The minimum absolute atomic E-state index is 0.00422. The number of hydrogen-bond donors (Lipinski definition) is 2. The Labute approximate surface area is 94.5 Å². The average Bonchev–Trinajstić information content (AvgIpc) is 2.28. The predicted octanol–water partition coefficient (Wildman–Crippen LogP) is 0.129. The van der Waals surface area contributed by atoms with Gasteiger partial charge in [0.25, 0.3) is 5.91 Å². The number of amides is 1. The first-order valence-electron chi connectivity index (χ1n) is 5.12. The second kappa shape index (κ2) is 6.92. The highest BCUT2D eigenvalue weighted by Crippen LogP contribution is 2.00. The number of hydrogen-bond acceptors (Lipinski definition) is 4. The second-order valence-electron chi connectivity index (χ2n) is 3.34. The lowest BCUT2D eigenvalue weighted by Gasteiger charge is -2.05. The van der Waals surface area contributed by atoms with Gasteiger partial charge >= 0.3 is 0 Å². The van der Waals surface area contributed by atoms with Crippen LogP contribution in [0.1, 0.15) is 15.9 Å². The molecule has 0 saturated heterocycles. The summed E-state index contributed by atoms with van der Waals surface area (Å²) in [7, 11) is 0. The molecule has 0 bridgehead atoms. The quantitative estimate of drug-likeness (QED) is 0.674. The van der Waals surface area contributed by atoms with E-state index in [1.807, 2.05) is 6.92 Å². The maximum absolute atomic E-state index is 11.6. The van der Waals surface area contributed by atoms with Gasteiger partial charge in [-0.2, -0.15) is 0 Å². The van der Waals surface area contributed by atoms with E-state index in [2.05, 4.69) is 10.3 Å². The minimum Gasteiger partial charge on any atom is -0.394 e. The van der Waals surface area contributed by atoms with Crippen molar-refractivity contribution in [3.05, 3.63) is 29.6 Å². The first-order chi connectivity index (χ1) is 7.74. The molecule has 16 heavy (non-hydrogen) atoms. The molecule has 5 heteroatoms. The molecular formula is C11H16N2O3. The van der Waals surface area contributed by atoms with Gasteiger partial charge in [0.15, 0.2) is 0 Å². The largest absolute Gasteiger partial charge is 0.394 e. The molecule has 1 heterocycles. The van der Waals surface area contributed by atoms with Gasteiger partial charge in [0, 0.05) is 18.9 Å². The smallest absolute Gasteiger partial charge is 0.252 e. The molecular weight excluding hydrogens is 208 g/mol. The lowest BCUT2D eigenvalue weighted by atomic mass is 10.2. The number of carbonyl (C=O) groups excluding carboxylic acids is 1. The van der Waals surface area contributed by atoms with Gasteiger partial charge in [-0.25, -0.2) is 0 Å². The molecule has 0 aliphatic heterocycles. The summed E-state index contributed by atoms with van der Waals surface area (Å²) in [6.45, 7) is 2.99. The minimum atomic E-state index is -0.163. The number of rotatable bonds is 6. The maximum Gasteiger partial charge on any atom is 0.252 e. The van der Waals surface area contributed by atoms with Crippen LogP contribution >= 0.6 is 0 Å². The van der Waals surface area contributed by atoms with Gasteiger partial charge in [-0.1, -0.05) is 0 Å². The SMILES string of the molecule is Cc1cncc(C(=O)NCCOCCO)c1. The summed E-state index contributed by atoms with van der Waals surface area (Å²) in [5.74, 6) is -0.163. The number of aromatic nitrogens is 1. The molecule has 0 aliphatic carbocycles. The molecule has 0 unspecified atom stereocenters. The number of aliphatic hydroxyl groups is 1. The van der Waals surface area contributed by atoms with Crippen LogP contribution in [0.4, 0.5) is 0 Å². The summed E-state index contributed by atoms with van der Waals surface area (Å²) >= 11 is 0. The van der Waals surface area contributed by atoms with Crippen molar-refractivity contribution in [1.82, 2.24) is 10.3 Å². The fourth-order valence-electron chi connectivity index (χ4n) is 1.18. The zero-order chi connectivity index (χ0) is 11.8. The van der Waals surface area contributed by atoms with Crippen molar-refractivity contribution in [3.8, 4) is 0 Å². The van der Waals surface area contributed by atoms with E-state index in [0.717, 1.165) is 5.56 Å². The van der Waals surface area contributed by atoms with Crippen LogP contribution in [0.15, 0.2) is 18.5 Å². The van der Waals surface area contributed by atoms with Gasteiger partial charge in [0.1, 0.15) is 0 Å². The molecule has 0 saturated carbocycles. The summed E-state index contributed by atoms with van der Waals surface area (Å²) < 4.78 is 5.01. The van der Waals surface area contributed by atoms with Gasteiger partial charge in [-0.3, -0.25) is 9.78 Å². The van der Waals surface area contributed by atoms with Crippen LogP contribution < -0.4 is 5.32 Å². The zero-order valence-electron chi connectivity index (χ0n) is 9.27. The van der Waals surface area contributed by atoms with Crippen molar-refractivity contribution in [2.75, 3.05) is 26.4 Å². The number of ether oxygens (including phenoxy) is 1. The molecule has 1 aromatic heterocycles. The van der Waals surface area contributed by atoms with Crippen LogP contribution in [0.2, 0.25) is 0 Å². The van der Waals surface area contributed by atoms with Gasteiger partial charge in [-0.05, 0) is 18.6 Å². The van der Waals surface area contributed by atoms with E-state index >= 15 is 0 Å². The molecule has 1 amide bonds. The van der Waals surface area contributed by atoms with Crippen LogP contribution in [0.25, 0.3) is 0 Å². The van der Waals surface area contributed by atoms with Gasteiger partial charge in [0.2, 0.25) is 0 Å². The van der Waals surface area contributed by atoms with E-state index in [-0.39, 0.29) is 12.5 Å². The maximum atomic E-state index is 11.6. The number of aryl methyl sites for hydroxylation is 1. The van der Waals surface area contributed by atoms with E-state index in [9.17, 15) is 4.79 Å². The molecule has 1 aromatic rings. The Morgan fingerprint density at radius 3 is 3.00 bits per heavy atom. The predicted molar refractivity (Wildman–Crippen MR) is 59.2 cm³/mol. The molecule has 0 aromatic carbocycles. The van der Waals surface area contributed by atoms with E-state index in [1.165, 1.54) is 6.20 Å². The van der Waals surface area contributed by atoms with Gasteiger partial charge < -0.3 is 15.2 Å². The molecule has 1 rings (SSSR count). The molecule has 5 nitrogen and oxygen atoms in total. The Morgan fingerprint density at radius 2 is 2.31 bits per heavy atom. The highest BCUT2D eigenvalue weighted by molar-refractivity contribution is 5.93. The van der Waals surface area contributed by atoms with E-state index in [0.29, 0.717) is 25.3 Å². The normalized spacial score (nSPS) is 10.1. The van der Waals surface area contributed by atoms with Crippen molar-refractivity contribution in [1.29, 1.82) is 0 Å². The Morgan fingerprint density at radius 1 is 1.50 bits per heavy atom. The summed E-state index contributed by atoms with van der Waals surface area (Å²) in [6.07, 6.45) is 3.22. The van der Waals surface area contributed by atoms with E-state index in [4.69, 9.17) is 9.84 Å².